The number of ether oxygens (including phenoxy) is 1. The minimum atomic E-state index is -0.548. The molecular formula is C18H20ClNO3S. The van der Waals surface area contributed by atoms with Gasteiger partial charge in [0.25, 0.3) is 5.91 Å². The summed E-state index contributed by atoms with van der Waals surface area (Å²) in [6.07, 6.45) is 4.46. The van der Waals surface area contributed by atoms with Crippen molar-refractivity contribution in [2.45, 2.75) is 38.6 Å². The molecule has 0 aliphatic heterocycles. The molecule has 0 bridgehead atoms. The summed E-state index contributed by atoms with van der Waals surface area (Å²) in [6.45, 7) is 1.87. The third kappa shape index (κ3) is 3.73. The van der Waals surface area contributed by atoms with Crippen LogP contribution in [0, 0.1) is 5.92 Å². The highest BCUT2D eigenvalue weighted by molar-refractivity contribution is 7.21. The van der Waals surface area contributed by atoms with Crippen molar-refractivity contribution in [3.63, 3.8) is 0 Å². The van der Waals surface area contributed by atoms with Crippen LogP contribution in [0.25, 0.3) is 10.1 Å². The molecule has 2 unspecified atom stereocenters. The van der Waals surface area contributed by atoms with Crippen molar-refractivity contribution in [2.24, 2.45) is 5.92 Å². The molecular weight excluding hydrogens is 346 g/mol. The van der Waals surface area contributed by atoms with Crippen molar-refractivity contribution in [2.75, 3.05) is 6.61 Å². The Morgan fingerprint density at radius 3 is 2.79 bits per heavy atom. The first kappa shape index (κ1) is 17.2. The van der Waals surface area contributed by atoms with Gasteiger partial charge in [-0.15, -0.1) is 11.3 Å². The fourth-order valence-corrected chi connectivity index (χ4v) is 4.52. The van der Waals surface area contributed by atoms with Crippen LogP contribution in [0.15, 0.2) is 24.3 Å². The number of benzene rings is 1. The molecule has 0 saturated heterocycles. The monoisotopic (exact) mass is 365 g/mol. The van der Waals surface area contributed by atoms with Crippen molar-refractivity contribution in [1.29, 1.82) is 0 Å². The number of rotatable bonds is 4. The van der Waals surface area contributed by atoms with Crippen LogP contribution in [-0.2, 0) is 9.53 Å². The largest absolute Gasteiger partial charge is 0.451 e. The molecule has 1 aromatic heterocycles. The van der Waals surface area contributed by atoms with Gasteiger partial charge in [-0.1, -0.05) is 49.6 Å². The zero-order chi connectivity index (χ0) is 17.1. The third-order valence-corrected chi connectivity index (χ3v) is 6.17. The summed E-state index contributed by atoms with van der Waals surface area (Å²) in [5, 5.41) is 4.19. The first-order chi connectivity index (χ1) is 11.6. The number of halogens is 1. The SMILES string of the molecule is CC1CCCCC1NC(=O)COC(=O)c1sc2ccccc2c1Cl. The van der Waals surface area contributed by atoms with Crippen molar-refractivity contribution < 1.29 is 14.3 Å². The zero-order valence-electron chi connectivity index (χ0n) is 13.5. The molecule has 4 nitrogen and oxygen atoms in total. The van der Waals surface area contributed by atoms with Crippen LogP contribution < -0.4 is 5.32 Å². The lowest BCUT2D eigenvalue weighted by Crippen LogP contribution is -2.42. The maximum absolute atomic E-state index is 12.2. The summed E-state index contributed by atoms with van der Waals surface area (Å²) in [4.78, 5) is 24.6. The van der Waals surface area contributed by atoms with Crippen LogP contribution in [0.3, 0.4) is 0 Å². The second-order valence-corrected chi connectivity index (χ2v) is 7.68. The van der Waals surface area contributed by atoms with E-state index in [0.717, 1.165) is 29.3 Å². The van der Waals surface area contributed by atoms with Crippen LogP contribution in [0.5, 0.6) is 0 Å². The van der Waals surface area contributed by atoms with Crippen molar-refractivity contribution >= 4 is 44.9 Å². The Kier molecular flexibility index (Phi) is 5.41. The van der Waals surface area contributed by atoms with Crippen LogP contribution in [-0.4, -0.2) is 24.5 Å². The fourth-order valence-electron chi connectivity index (χ4n) is 3.12. The van der Waals surface area contributed by atoms with E-state index in [9.17, 15) is 9.59 Å². The second kappa shape index (κ2) is 7.53. The van der Waals surface area contributed by atoms with Gasteiger partial charge in [0.1, 0.15) is 4.88 Å². The summed E-state index contributed by atoms with van der Waals surface area (Å²) in [5.74, 6) is -0.331. The van der Waals surface area contributed by atoms with Gasteiger partial charge in [-0.2, -0.15) is 0 Å². The topological polar surface area (TPSA) is 55.4 Å². The van der Waals surface area contributed by atoms with Gasteiger partial charge in [0.2, 0.25) is 0 Å². The van der Waals surface area contributed by atoms with Crippen molar-refractivity contribution in [3.05, 3.63) is 34.2 Å². The average molecular weight is 366 g/mol. The number of carbonyl (C=O) groups excluding carboxylic acids is 2. The van der Waals surface area contributed by atoms with Gasteiger partial charge in [-0.3, -0.25) is 4.79 Å². The maximum atomic E-state index is 12.2. The number of thiophene rings is 1. The number of hydrogen-bond acceptors (Lipinski definition) is 4. The number of carbonyl (C=O) groups is 2. The smallest absolute Gasteiger partial charge is 0.350 e. The van der Waals surface area contributed by atoms with E-state index in [4.69, 9.17) is 16.3 Å². The lowest BCUT2D eigenvalue weighted by molar-refractivity contribution is -0.125. The normalized spacial score (nSPS) is 20.8. The molecule has 1 aliphatic carbocycles. The van der Waals surface area contributed by atoms with Gasteiger partial charge in [0.05, 0.1) is 5.02 Å². The number of amides is 1. The van der Waals surface area contributed by atoms with Crippen LogP contribution >= 0.6 is 22.9 Å². The predicted octanol–water partition coefficient (Wildman–Crippen LogP) is 4.41. The van der Waals surface area contributed by atoms with Gasteiger partial charge >= 0.3 is 5.97 Å². The lowest BCUT2D eigenvalue weighted by Gasteiger charge is -2.29. The Labute approximate surface area is 150 Å². The molecule has 1 N–H and O–H groups in total. The predicted molar refractivity (Wildman–Crippen MR) is 96.7 cm³/mol. The molecule has 2 atom stereocenters. The van der Waals surface area contributed by atoms with Gasteiger partial charge in [-0.25, -0.2) is 4.79 Å². The molecule has 128 valence electrons. The second-order valence-electron chi connectivity index (χ2n) is 6.25. The number of fused-ring (bicyclic) bond motifs is 1. The summed E-state index contributed by atoms with van der Waals surface area (Å²) in [5.41, 5.74) is 0. The molecule has 0 spiro atoms. The molecule has 1 heterocycles. The molecule has 1 aliphatic rings. The first-order valence-electron chi connectivity index (χ1n) is 8.20. The van der Waals surface area contributed by atoms with E-state index in [1.165, 1.54) is 17.8 Å². The first-order valence-corrected chi connectivity index (χ1v) is 9.39. The van der Waals surface area contributed by atoms with Crippen LogP contribution in [0.1, 0.15) is 42.3 Å². The maximum Gasteiger partial charge on any atom is 0.350 e. The minimum absolute atomic E-state index is 0.179. The highest BCUT2D eigenvalue weighted by Gasteiger charge is 2.24. The Hall–Kier alpha value is -1.59. The number of hydrogen-bond donors (Lipinski definition) is 1. The molecule has 1 aromatic carbocycles. The summed E-state index contributed by atoms with van der Waals surface area (Å²) in [7, 11) is 0. The van der Waals surface area contributed by atoms with Crippen molar-refractivity contribution in [1.82, 2.24) is 5.32 Å². The van der Waals surface area contributed by atoms with Gasteiger partial charge in [0, 0.05) is 16.1 Å². The summed E-state index contributed by atoms with van der Waals surface area (Å²) in [6, 6.07) is 7.71. The zero-order valence-corrected chi connectivity index (χ0v) is 15.1. The Morgan fingerprint density at radius 1 is 1.29 bits per heavy atom. The van der Waals surface area contributed by atoms with E-state index >= 15 is 0 Å². The van der Waals surface area contributed by atoms with E-state index in [0.29, 0.717) is 15.8 Å². The number of esters is 1. The minimum Gasteiger partial charge on any atom is -0.451 e. The van der Waals surface area contributed by atoms with E-state index < -0.39 is 5.97 Å². The number of nitrogens with one attached hydrogen (secondary N) is 1. The Morgan fingerprint density at radius 2 is 2.04 bits per heavy atom. The molecule has 1 saturated carbocycles. The van der Waals surface area contributed by atoms with E-state index in [2.05, 4.69) is 12.2 Å². The Balaban J connectivity index is 1.58. The van der Waals surface area contributed by atoms with Crippen LogP contribution in [0.4, 0.5) is 0 Å². The molecule has 3 rings (SSSR count). The van der Waals surface area contributed by atoms with Gasteiger partial charge in [0.15, 0.2) is 6.61 Å². The van der Waals surface area contributed by atoms with E-state index in [-0.39, 0.29) is 18.6 Å². The van der Waals surface area contributed by atoms with Gasteiger partial charge < -0.3 is 10.1 Å². The molecule has 1 fully saturated rings. The Bertz CT molecular complexity index is 758. The lowest BCUT2D eigenvalue weighted by atomic mass is 9.86. The molecule has 6 heteroatoms. The average Bonchev–Trinajstić information content (AvgIpc) is 2.92. The van der Waals surface area contributed by atoms with E-state index in [1.54, 1.807) is 0 Å². The van der Waals surface area contributed by atoms with Crippen LogP contribution in [0.2, 0.25) is 5.02 Å². The standard InChI is InChI=1S/C18H20ClNO3S/c1-11-6-2-4-8-13(11)20-15(21)10-23-18(22)17-16(19)12-7-3-5-9-14(12)24-17/h3,5,7,9,11,13H,2,4,6,8,10H2,1H3,(H,20,21). The van der Waals surface area contributed by atoms with Gasteiger partial charge in [-0.05, 0) is 24.8 Å². The fraction of sp³-hybridized carbons (Fsp3) is 0.444. The molecule has 24 heavy (non-hydrogen) atoms. The summed E-state index contributed by atoms with van der Waals surface area (Å²) < 4.78 is 6.08. The molecule has 1 amide bonds. The highest BCUT2D eigenvalue weighted by Crippen LogP contribution is 2.35. The quantitative estimate of drug-likeness (QED) is 0.816. The van der Waals surface area contributed by atoms with Crippen molar-refractivity contribution in [3.8, 4) is 0 Å². The summed E-state index contributed by atoms with van der Waals surface area (Å²) >= 11 is 7.53. The molecule has 0 radical (unpaired) electrons. The molecule has 2 aromatic rings. The third-order valence-electron chi connectivity index (χ3n) is 4.51. The van der Waals surface area contributed by atoms with E-state index in [1.807, 2.05) is 24.3 Å². The highest BCUT2D eigenvalue weighted by atomic mass is 35.5.